The molecule has 0 spiro atoms. The van der Waals surface area contributed by atoms with Crippen molar-refractivity contribution in [2.24, 2.45) is 0 Å². The Kier molecular flexibility index (Phi) is 8.46. The smallest absolute Gasteiger partial charge is 0.0915 e. The molecule has 98 valence electrons. The maximum atomic E-state index is 4.35. The third kappa shape index (κ3) is 4.66. The summed E-state index contributed by atoms with van der Waals surface area (Å²) in [4.78, 5) is 8.66. The van der Waals surface area contributed by atoms with Gasteiger partial charge in [-0.25, -0.2) is 0 Å². The highest BCUT2D eigenvalue weighted by atomic mass is 14.8. The van der Waals surface area contributed by atoms with Gasteiger partial charge in [-0.3, -0.25) is 9.97 Å². The zero-order valence-corrected chi connectivity index (χ0v) is 12.4. The van der Waals surface area contributed by atoms with Gasteiger partial charge in [0.2, 0.25) is 0 Å². The molecule has 0 saturated carbocycles. The van der Waals surface area contributed by atoms with E-state index in [4.69, 9.17) is 0 Å². The highest BCUT2D eigenvalue weighted by molar-refractivity contribution is 5.57. The fraction of sp³-hybridized carbons (Fsp3) is 0.375. The minimum atomic E-state index is 0.939. The second-order valence-corrected chi connectivity index (χ2v) is 3.39. The number of aromatic nitrogens is 2. The van der Waals surface area contributed by atoms with Crippen molar-refractivity contribution < 1.29 is 0 Å². The molecule has 2 heteroatoms. The minimum Gasteiger partial charge on any atom is -0.254 e. The van der Waals surface area contributed by atoms with Crippen LogP contribution in [0.2, 0.25) is 0 Å². The highest BCUT2D eigenvalue weighted by Gasteiger charge is 2.02. The molecule has 0 aromatic carbocycles. The molecule has 0 saturated heterocycles. The van der Waals surface area contributed by atoms with Crippen molar-refractivity contribution in [1.82, 2.24) is 9.97 Å². The maximum absolute atomic E-state index is 4.35. The van der Waals surface area contributed by atoms with E-state index in [0.717, 1.165) is 17.0 Å². The van der Waals surface area contributed by atoms with Crippen LogP contribution in [0.4, 0.5) is 0 Å². The molecule has 0 aliphatic carbocycles. The number of hydrogen-bond donors (Lipinski definition) is 0. The Bertz CT molecular complexity index is 433. The average Bonchev–Trinajstić information content (AvgIpc) is 2.45. The molecule has 0 fully saturated rings. The third-order valence-corrected chi connectivity index (χ3v) is 2.16. The van der Waals surface area contributed by atoms with Crippen LogP contribution < -0.4 is 0 Å². The van der Waals surface area contributed by atoms with Gasteiger partial charge in [0.25, 0.3) is 0 Å². The van der Waals surface area contributed by atoms with Crippen LogP contribution in [-0.4, -0.2) is 9.97 Å². The van der Waals surface area contributed by atoms with Crippen molar-refractivity contribution in [3.63, 3.8) is 0 Å². The van der Waals surface area contributed by atoms with Crippen LogP contribution in [-0.2, 0) is 0 Å². The Balaban J connectivity index is 0.000000659. The first-order chi connectivity index (χ1) is 8.77. The fourth-order valence-corrected chi connectivity index (χ4v) is 1.36. The van der Waals surface area contributed by atoms with E-state index in [1.165, 1.54) is 5.56 Å². The minimum absolute atomic E-state index is 0.939. The van der Waals surface area contributed by atoms with Gasteiger partial charge in [-0.1, -0.05) is 39.8 Å². The van der Waals surface area contributed by atoms with Crippen molar-refractivity contribution in [2.45, 2.75) is 41.5 Å². The van der Waals surface area contributed by atoms with Gasteiger partial charge in [0.15, 0.2) is 0 Å². The molecule has 0 bridgehead atoms. The van der Waals surface area contributed by atoms with E-state index in [1.807, 2.05) is 65.9 Å². The van der Waals surface area contributed by atoms with Crippen LogP contribution in [0.25, 0.3) is 11.4 Å². The molecule has 0 unspecified atom stereocenters. The zero-order chi connectivity index (χ0) is 14.0. The summed E-state index contributed by atoms with van der Waals surface area (Å²) in [7, 11) is 0. The monoisotopic (exact) mass is 244 g/mol. The summed E-state index contributed by atoms with van der Waals surface area (Å²) in [5.74, 6) is 0. The number of nitrogens with zero attached hydrogens (tertiary/aromatic N) is 2. The molecular weight excluding hydrogens is 220 g/mol. The van der Waals surface area contributed by atoms with E-state index in [0.29, 0.717) is 0 Å². The van der Waals surface area contributed by atoms with Crippen molar-refractivity contribution in [2.75, 3.05) is 0 Å². The standard InChI is InChI=1S/C12H12N2.2C2H6/c1-9-5-6-11(14-8-9)12-10(2)4-3-7-13-12;2*1-2/h3-8H,1-2H3;2*1-2H3. The first-order valence-corrected chi connectivity index (χ1v) is 6.62. The molecule has 2 aromatic rings. The topological polar surface area (TPSA) is 25.8 Å². The van der Waals surface area contributed by atoms with Gasteiger partial charge in [0.1, 0.15) is 0 Å². The summed E-state index contributed by atoms with van der Waals surface area (Å²) in [6, 6.07) is 8.04. The molecule has 0 aliphatic rings. The molecule has 2 rings (SSSR count). The molecule has 2 heterocycles. The van der Waals surface area contributed by atoms with Crippen LogP contribution in [0.5, 0.6) is 0 Å². The van der Waals surface area contributed by atoms with E-state index in [1.54, 1.807) is 6.20 Å². The lowest BCUT2D eigenvalue weighted by molar-refractivity contribution is 1.20. The van der Waals surface area contributed by atoms with E-state index in [-0.39, 0.29) is 0 Å². The fourth-order valence-electron chi connectivity index (χ4n) is 1.36. The van der Waals surface area contributed by atoms with E-state index in [9.17, 15) is 0 Å². The zero-order valence-electron chi connectivity index (χ0n) is 12.4. The normalized spacial score (nSPS) is 8.56. The lowest BCUT2D eigenvalue weighted by atomic mass is 10.1. The Labute approximate surface area is 111 Å². The predicted molar refractivity (Wildman–Crippen MR) is 79.6 cm³/mol. The first-order valence-electron chi connectivity index (χ1n) is 6.62. The summed E-state index contributed by atoms with van der Waals surface area (Å²) in [5.41, 5.74) is 4.23. The van der Waals surface area contributed by atoms with Gasteiger partial charge in [-0.05, 0) is 37.1 Å². The molecule has 2 nitrogen and oxygen atoms in total. The van der Waals surface area contributed by atoms with Crippen molar-refractivity contribution >= 4 is 0 Å². The summed E-state index contributed by atoms with van der Waals surface area (Å²) in [6.45, 7) is 12.1. The number of pyridine rings is 2. The number of hydrogen-bond acceptors (Lipinski definition) is 2. The summed E-state index contributed by atoms with van der Waals surface area (Å²) in [5, 5.41) is 0. The van der Waals surface area contributed by atoms with Crippen molar-refractivity contribution in [3.8, 4) is 11.4 Å². The quantitative estimate of drug-likeness (QED) is 0.719. The van der Waals surface area contributed by atoms with Gasteiger partial charge in [-0.2, -0.15) is 0 Å². The van der Waals surface area contributed by atoms with E-state index >= 15 is 0 Å². The van der Waals surface area contributed by atoms with Gasteiger partial charge >= 0.3 is 0 Å². The highest BCUT2D eigenvalue weighted by Crippen LogP contribution is 2.17. The Hall–Kier alpha value is -1.70. The van der Waals surface area contributed by atoms with E-state index < -0.39 is 0 Å². The van der Waals surface area contributed by atoms with Crippen LogP contribution in [0.1, 0.15) is 38.8 Å². The Morgan fingerprint density at radius 1 is 0.833 bits per heavy atom. The van der Waals surface area contributed by atoms with Crippen molar-refractivity contribution in [3.05, 3.63) is 47.8 Å². The predicted octanol–water partition coefficient (Wildman–Crippen LogP) is 4.81. The third-order valence-electron chi connectivity index (χ3n) is 2.16. The molecule has 0 amide bonds. The molecular formula is C16H24N2. The lowest BCUT2D eigenvalue weighted by Crippen LogP contribution is -1.90. The van der Waals surface area contributed by atoms with E-state index in [2.05, 4.69) is 16.0 Å². The largest absolute Gasteiger partial charge is 0.254 e. The molecule has 0 radical (unpaired) electrons. The van der Waals surface area contributed by atoms with Crippen molar-refractivity contribution in [1.29, 1.82) is 0 Å². The summed E-state index contributed by atoms with van der Waals surface area (Å²) < 4.78 is 0. The van der Waals surface area contributed by atoms with Gasteiger partial charge in [0.05, 0.1) is 11.4 Å². The number of rotatable bonds is 1. The first kappa shape index (κ1) is 16.3. The summed E-state index contributed by atoms with van der Waals surface area (Å²) >= 11 is 0. The van der Waals surface area contributed by atoms with Crippen LogP contribution >= 0.6 is 0 Å². The molecule has 0 aliphatic heterocycles. The molecule has 2 aromatic heterocycles. The lowest BCUT2D eigenvalue weighted by Gasteiger charge is -2.03. The van der Waals surface area contributed by atoms with Gasteiger partial charge < -0.3 is 0 Å². The second-order valence-electron chi connectivity index (χ2n) is 3.39. The van der Waals surface area contributed by atoms with Crippen LogP contribution in [0, 0.1) is 13.8 Å². The Morgan fingerprint density at radius 2 is 1.50 bits per heavy atom. The second kappa shape index (κ2) is 9.34. The Morgan fingerprint density at radius 3 is 2.00 bits per heavy atom. The van der Waals surface area contributed by atoms with Crippen LogP contribution in [0.15, 0.2) is 36.7 Å². The molecule has 18 heavy (non-hydrogen) atoms. The van der Waals surface area contributed by atoms with Gasteiger partial charge in [0, 0.05) is 12.4 Å². The van der Waals surface area contributed by atoms with Gasteiger partial charge in [-0.15, -0.1) is 0 Å². The summed E-state index contributed by atoms with van der Waals surface area (Å²) in [6.07, 6.45) is 3.66. The average molecular weight is 244 g/mol. The molecule has 0 atom stereocenters. The van der Waals surface area contributed by atoms with Crippen LogP contribution in [0.3, 0.4) is 0 Å². The molecule has 0 N–H and O–H groups in total. The maximum Gasteiger partial charge on any atom is 0.0915 e. The SMILES string of the molecule is CC.CC.Cc1ccc(-c2ncccc2C)nc1. The number of aryl methyl sites for hydroxylation is 2.